The summed E-state index contributed by atoms with van der Waals surface area (Å²) in [6.07, 6.45) is -0.535. The van der Waals surface area contributed by atoms with Crippen molar-refractivity contribution in [3.8, 4) is 0 Å². The van der Waals surface area contributed by atoms with E-state index >= 15 is 0 Å². The van der Waals surface area contributed by atoms with E-state index in [1.807, 2.05) is 6.92 Å². The molecule has 0 saturated heterocycles. The minimum absolute atomic E-state index is 0.0545. The number of aliphatic hydroxyl groups is 2. The molecule has 6 nitrogen and oxygen atoms in total. The molecule has 1 rings (SSSR count). The third-order valence-electron chi connectivity index (χ3n) is 3.57. The van der Waals surface area contributed by atoms with Crippen molar-refractivity contribution in [2.75, 3.05) is 6.61 Å². The van der Waals surface area contributed by atoms with Crippen molar-refractivity contribution in [2.45, 2.75) is 58.1 Å². The molecule has 0 heterocycles. The zero-order chi connectivity index (χ0) is 18.2. The largest absolute Gasteiger partial charge is 0.435 e. The average molecular weight is 358 g/mol. The van der Waals surface area contributed by atoms with E-state index < -0.39 is 31.4 Å². The number of ether oxygens (including phenoxy) is 1. The van der Waals surface area contributed by atoms with Gasteiger partial charge in [0.05, 0.1) is 12.7 Å². The van der Waals surface area contributed by atoms with E-state index in [0.29, 0.717) is 24.6 Å². The Bertz CT molecular complexity index is 545. The monoisotopic (exact) mass is 358 g/mol. The number of benzene rings is 1. The smallest absolute Gasteiger partial charge is 0.321 e. The number of carbonyl (C=O) groups is 1. The van der Waals surface area contributed by atoms with Crippen LogP contribution in [0.2, 0.25) is 0 Å². The topological polar surface area (TPSA) is 93.1 Å². The van der Waals surface area contributed by atoms with Crippen molar-refractivity contribution in [2.24, 2.45) is 0 Å². The molecule has 0 saturated carbocycles. The molecule has 0 aliphatic rings. The third-order valence-corrected chi connectivity index (χ3v) is 6.39. The van der Waals surface area contributed by atoms with Crippen LogP contribution < -0.4 is 5.30 Å². The second kappa shape index (κ2) is 9.94. The summed E-state index contributed by atoms with van der Waals surface area (Å²) in [6.45, 7) is 4.99. The second-order valence-electron chi connectivity index (χ2n) is 5.76. The minimum Gasteiger partial charge on any atom is -0.435 e. The van der Waals surface area contributed by atoms with Gasteiger partial charge in [-0.25, -0.2) is 0 Å². The fraction of sp³-hybridized carbons (Fsp3) is 0.588. The first-order valence-electron chi connectivity index (χ1n) is 8.17. The maximum atomic E-state index is 13.4. The predicted molar refractivity (Wildman–Crippen MR) is 92.4 cm³/mol. The van der Waals surface area contributed by atoms with Gasteiger partial charge in [0.15, 0.2) is 0 Å². The molecule has 0 radical (unpaired) electrons. The lowest BCUT2D eigenvalue weighted by molar-refractivity contribution is -0.167. The molecular weight excluding hydrogens is 331 g/mol. The molecule has 2 N–H and O–H groups in total. The van der Waals surface area contributed by atoms with Gasteiger partial charge >= 0.3 is 5.97 Å². The van der Waals surface area contributed by atoms with E-state index in [4.69, 9.17) is 9.26 Å². The lowest BCUT2D eigenvalue weighted by atomic mass is 10.3. The molecule has 7 heteroatoms. The maximum absolute atomic E-state index is 13.4. The summed E-state index contributed by atoms with van der Waals surface area (Å²) in [7, 11) is -3.55. The fourth-order valence-electron chi connectivity index (χ4n) is 2.08. The van der Waals surface area contributed by atoms with Crippen LogP contribution >= 0.6 is 7.37 Å². The van der Waals surface area contributed by atoms with Crippen LogP contribution in [0, 0.1) is 0 Å². The Balaban J connectivity index is 2.95. The van der Waals surface area contributed by atoms with Crippen LogP contribution in [0.1, 0.15) is 40.0 Å². The van der Waals surface area contributed by atoms with Crippen LogP contribution in [0.15, 0.2) is 30.3 Å². The number of esters is 1. The summed E-state index contributed by atoms with van der Waals surface area (Å²) >= 11 is 0. The molecule has 0 amide bonds. The standard InChI is InChI=1S/C17H27O6P/c1-4-8-16(19)23-17(20)14(3)24(21,22-12-11-13(2)18)15-9-6-5-7-10-15/h5-7,9-10,13-14,16,18-19H,4,8,11-12H2,1-3H3. The molecule has 0 aliphatic carbocycles. The van der Waals surface area contributed by atoms with E-state index in [2.05, 4.69) is 0 Å². The van der Waals surface area contributed by atoms with Gasteiger partial charge in [0.1, 0.15) is 5.66 Å². The van der Waals surface area contributed by atoms with Crippen LogP contribution in [0.25, 0.3) is 0 Å². The first-order chi connectivity index (χ1) is 11.3. The third kappa shape index (κ3) is 6.02. The zero-order valence-electron chi connectivity index (χ0n) is 14.4. The fourth-order valence-corrected chi connectivity index (χ4v) is 4.20. The highest BCUT2D eigenvalue weighted by atomic mass is 31.2. The van der Waals surface area contributed by atoms with Gasteiger partial charge in [-0.15, -0.1) is 0 Å². The Morgan fingerprint density at radius 1 is 1.17 bits per heavy atom. The number of hydrogen-bond acceptors (Lipinski definition) is 6. The highest BCUT2D eigenvalue weighted by Crippen LogP contribution is 2.51. The van der Waals surface area contributed by atoms with E-state index in [-0.39, 0.29) is 6.61 Å². The molecule has 0 aliphatic heterocycles. The molecule has 0 spiro atoms. The maximum Gasteiger partial charge on any atom is 0.321 e. The van der Waals surface area contributed by atoms with Crippen LogP contribution in [0.4, 0.5) is 0 Å². The highest BCUT2D eigenvalue weighted by Gasteiger charge is 2.39. The Hall–Kier alpha value is -1.20. The van der Waals surface area contributed by atoms with Crippen LogP contribution in [-0.4, -0.2) is 40.8 Å². The van der Waals surface area contributed by atoms with Crippen molar-refractivity contribution in [1.29, 1.82) is 0 Å². The van der Waals surface area contributed by atoms with Gasteiger partial charge in [-0.3, -0.25) is 9.36 Å². The average Bonchev–Trinajstić information content (AvgIpc) is 2.54. The van der Waals surface area contributed by atoms with Crippen LogP contribution in [0.3, 0.4) is 0 Å². The van der Waals surface area contributed by atoms with Gasteiger partial charge < -0.3 is 19.5 Å². The van der Waals surface area contributed by atoms with E-state index in [1.54, 1.807) is 37.3 Å². The second-order valence-corrected chi connectivity index (χ2v) is 8.50. The highest BCUT2D eigenvalue weighted by molar-refractivity contribution is 7.68. The minimum atomic E-state index is -3.55. The quantitative estimate of drug-likeness (QED) is 0.379. The number of rotatable bonds is 10. The molecule has 4 unspecified atom stereocenters. The molecular formula is C17H27O6P. The summed E-state index contributed by atoms with van der Waals surface area (Å²) in [5.74, 6) is -0.764. The number of aliphatic hydroxyl groups excluding tert-OH is 2. The van der Waals surface area contributed by atoms with Gasteiger partial charge in [-0.05, 0) is 32.4 Å². The molecule has 1 aromatic carbocycles. The van der Waals surface area contributed by atoms with Crippen molar-refractivity contribution < 1.29 is 28.8 Å². The Labute approximate surface area is 143 Å². The van der Waals surface area contributed by atoms with Crippen molar-refractivity contribution in [1.82, 2.24) is 0 Å². The first-order valence-corrected chi connectivity index (χ1v) is 9.87. The summed E-state index contributed by atoms with van der Waals surface area (Å²) < 4.78 is 23.9. The molecule has 0 bridgehead atoms. The lowest BCUT2D eigenvalue weighted by Crippen LogP contribution is -2.30. The summed E-state index contributed by atoms with van der Waals surface area (Å²) in [5.41, 5.74) is -1.06. The van der Waals surface area contributed by atoms with E-state index in [0.717, 1.165) is 0 Å². The Morgan fingerprint density at radius 3 is 2.33 bits per heavy atom. The molecule has 136 valence electrons. The van der Waals surface area contributed by atoms with Crippen molar-refractivity contribution in [3.05, 3.63) is 30.3 Å². The van der Waals surface area contributed by atoms with Crippen molar-refractivity contribution in [3.63, 3.8) is 0 Å². The normalized spacial score (nSPS) is 17.5. The lowest BCUT2D eigenvalue weighted by Gasteiger charge is -2.25. The van der Waals surface area contributed by atoms with Crippen LogP contribution in [-0.2, 0) is 18.6 Å². The molecule has 0 aromatic heterocycles. The molecule has 0 fully saturated rings. The van der Waals surface area contributed by atoms with Gasteiger partial charge in [0.2, 0.25) is 13.7 Å². The van der Waals surface area contributed by atoms with Gasteiger partial charge in [0, 0.05) is 11.7 Å². The van der Waals surface area contributed by atoms with Gasteiger partial charge in [-0.1, -0.05) is 31.5 Å². The van der Waals surface area contributed by atoms with Crippen LogP contribution in [0.5, 0.6) is 0 Å². The Morgan fingerprint density at radius 2 is 1.79 bits per heavy atom. The van der Waals surface area contributed by atoms with Gasteiger partial charge in [0.25, 0.3) is 0 Å². The Kier molecular flexibility index (Phi) is 8.63. The summed E-state index contributed by atoms with van der Waals surface area (Å²) in [5, 5.41) is 19.4. The zero-order valence-corrected chi connectivity index (χ0v) is 15.3. The van der Waals surface area contributed by atoms with E-state index in [9.17, 15) is 19.6 Å². The summed E-state index contributed by atoms with van der Waals surface area (Å²) in [6, 6.07) is 8.47. The number of carbonyl (C=O) groups excluding carboxylic acids is 1. The van der Waals surface area contributed by atoms with Gasteiger partial charge in [-0.2, -0.15) is 0 Å². The van der Waals surface area contributed by atoms with Crippen molar-refractivity contribution >= 4 is 18.6 Å². The number of hydrogen-bond donors (Lipinski definition) is 2. The predicted octanol–water partition coefficient (Wildman–Crippen LogP) is 2.43. The first kappa shape index (κ1) is 20.8. The SMILES string of the molecule is CCCC(O)OC(=O)C(C)P(=O)(OCCC(C)O)c1ccccc1. The van der Waals surface area contributed by atoms with E-state index in [1.165, 1.54) is 6.92 Å². The molecule has 4 atom stereocenters. The summed E-state index contributed by atoms with van der Waals surface area (Å²) in [4.78, 5) is 12.3. The molecule has 1 aromatic rings. The molecule has 24 heavy (non-hydrogen) atoms.